The summed E-state index contributed by atoms with van der Waals surface area (Å²) < 4.78 is 5.12. The molecule has 0 aliphatic heterocycles. The molecule has 0 saturated heterocycles. The lowest BCUT2D eigenvalue weighted by atomic mass is 10.2. The number of nitrogens with one attached hydrogen (secondary N) is 1. The second-order valence-corrected chi connectivity index (χ2v) is 4.06. The fourth-order valence-electron chi connectivity index (χ4n) is 1.69. The van der Waals surface area contributed by atoms with Gasteiger partial charge in [-0.1, -0.05) is 12.1 Å². The van der Waals surface area contributed by atoms with Crippen LogP contribution in [0.3, 0.4) is 0 Å². The molecule has 0 fully saturated rings. The van der Waals surface area contributed by atoms with Crippen LogP contribution in [0, 0.1) is 13.8 Å². The van der Waals surface area contributed by atoms with E-state index in [1.807, 2.05) is 27.7 Å². The number of aryl methyl sites for hydroxylation is 2. The zero-order valence-electron chi connectivity index (χ0n) is 11.0. The summed E-state index contributed by atoms with van der Waals surface area (Å²) in [5.74, 6) is 0.887. The third-order valence-electron chi connectivity index (χ3n) is 2.75. The van der Waals surface area contributed by atoms with Crippen molar-refractivity contribution in [2.24, 2.45) is 0 Å². The predicted octanol–water partition coefficient (Wildman–Crippen LogP) is 1.25. The van der Waals surface area contributed by atoms with Crippen LogP contribution in [0.5, 0.6) is 0 Å². The van der Waals surface area contributed by atoms with Gasteiger partial charge in [-0.25, -0.2) is 0 Å². The largest absolute Gasteiger partial charge is 0.361 e. The molecule has 0 aliphatic rings. The maximum absolute atomic E-state index is 11.5. The Bertz CT molecular complexity index is 354. The summed E-state index contributed by atoms with van der Waals surface area (Å²) in [6.45, 7) is 10.4. The zero-order chi connectivity index (χ0) is 12.8. The lowest BCUT2D eigenvalue weighted by Crippen LogP contribution is -2.36. The fourth-order valence-corrected chi connectivity index (χ4v) is 1.69. The average Bonchev–Trinajstić information content (AvgIpc) is 2.60. The van der Waals surface area contributed by atoms with Crippen molar-refractivity contribution in [1.29, 1.82) is 0 Å². The monoisotopic (exact) mass is 239 g/mol. The number of hydrogen-bond donors (Lipinski definition) is 1. The van der Waals surface area contributed by atoms with E-state index in [4.69, 9.17) is 4.52 Å². The molecule has 0 saturated carbocycles. The molecule has 0 radical (unpaired) electrons. The number of hydrogen-bond acceptors (Lipinski definition) is 4. The van der Waals surface area contributed by atoms with Crippen LogP contribution in [0.25, 0.3) is 0 Å². The smallest absolute Gasteiger partial charge is 0.234 e. The Kier molecular flexibility index (Phi) is 5.15. The molecule has 0 aliphatic carbocycles. The normalized spacial score (nSPS) is 10.9. The summed E-state index contributed by atoms with van der Waals surface area (Å²) in [6, 6.07) is 0. The SMILES string of the molecule is CCNC(=O)CN(CC)Cc1c(C)noc1C. The predicted molar refractivity (Wildman–Crippen MR) is 65.6 cm³/mol. The molecule has 1 heterocycles. The number of nitrogens with zero attached hydrogens (tertiary/aromatic N) is 2. The molecule has 1 rings (SSSR count). The molecule has 96 valence electrons. The molecule has 1 aromatic rings. The molecule has 1 aromatic heterocycles. The summed E-state index contributed by atoms with van der Waals surface area (Å²) in [7, 11) is 0. The van der Waals surface area contributed by atoms with Gasteiger partial charge in [0.1, 0.15) is 5.76 Å². The number of carbonyl (C=O) groups is 1. The quantitative estimate of drug-likeness (QED) is 0.811. The maximum atomic E-state index is 11.5. The molecule has 1 N–H and O–H groups in total. The highest BCUT2D eigenvalue weighted by molar-refractivity contribution is 5.77. The van der Waals surface area contributed by atoms with Gasteiger partial charge in [-0.05, 0) is 27.3 Å². The number of likely N-dealkylation sites (N-methyl/N-ethyl adjacent to an activating group) is 2. The minimum Gasteiger partial charge on any atom is -0.361 e. The van der Waals surface area contributed by atoms with Gasteiger partial charge in [0.2, 0.25) is 5.91 Å². The second kappa shape index (κ2) is 6.39. The Hall–Kier alpha value is -1.36. The van der Waals surface area contributed by atoms with E-state index in [1.54, 1.807) is 0 Å². The number of carbonyl (C=O) groups excluding carboxylic acids is 1. The van der Waals surface area contributed by atoms with Crippen LogP contribution in [0.15, 0.2) is 4.52 Å². The van der Waals surface area contributed by atoms with E-state index in [1.165, 1.54) is 0 Å². The van der Waals surface area contributed by atoms with Gasteiger partial charge in [-0.2, -0.15) is 0 Å². The van der Waals surface area contributed by atoms with Gasteiger partial charge < -0.3 is 9.84 Å². The van der Waals surface area contributed by atoms with E-state index >= 15 is 0 Å². The molecular formula is C12H21N3O2. The topological polar surface area (TPSA) is 58.4 Å². The summed E-state index contributed by atoms with van der Waals surface area (Å²) in [5.41, 5.74) is 1.98. The Balaban J connectivity index is 2.61. The van der Waals surface area contributed by atoms with Crippen molar-refractivity contribution in [2.45, 2.75) is 34.2 Å². The van der Waals surface area contributed by atoms with E-state index in [2.05, 4.69) is 15.4 Å². The third-order valence-corrected chi connectivity index (χ3v) is 2.75. The van der Waals surface area contributed by atoms with Crippen LogP contribution < -0.4 is 5.32 Å². The minimum absolute atomic E-state index is 0.0566. The molecule has 5 nitrogen and oxygen atoms in total. The molecule has 17 heavy (non-hydrogen) atoms. The summed E-state index contributed by atoms with van der Waals surface area (Å²) in [6.07, 6.45) is 0. The molecule has 1 amide bonds. The van der Waals surface area contributed by atoms with E-state index < -0.39 is 0 Å². The van der Waals surface area contributed by atoms with E-state index in [0.29, 0.717) is 19.6 Å². The van der Waals surface area contributed by atoms with Crippen LogP contribution in [-0.4, -0.2) is 35.6 Å². The van der Waals surface area contributed by atoms with Gasteiger partial charge in [-0.3, -0.25) is 9.69 Å². The first-order valence-electron chi connectivity index (χ1n) is 5.99. The van der Waals surface area contributed by atoms with Gasteiger partial charge in [0.25, 0.3) is 0 Å². The molecular weight excluding hydrogens is 218 g/mol. The number of amides is 1. The Morgan fingerprint density at radius 2 is 2.12 bits per heavy atom. The van der Waals surface area contributed by atoms with Crippen LogP contribution in [0.1, 0.15) is 30.9 Å². The Labute approximate surface area is 102 Å². The third kappa shape index (κ3) is 3.85. The highest BCUT2D eigenvalue weighted by Gasteiger charge is 2.14. The first kappa shape index (κ1) is 13.7. The highest BCUT2D eigenvalue weighted by atomic mass is 16.5. The van der Waals surface area contributed by atoms with Crippen LogP contribution in [0.2, 0.25) is 0 Å². The lowest BCUT2D eigenvalue weighted by molar-refractivity contribution is -0.122. The van der Waals surface area contributed by atoms with Crippen molar-refractivity contribution in [3.63, 3.8) is 0 Å². The molecule has 0 atom stereocenters. The van der Waals surface area contributed by atoms with Gasteiger partial charge in [0.15, 0.2) is 0 Å². The number of aromatic nitrogens is 1. The van der Waals surface area contributed by atoms with Gasteiger partial charge >= 0.3 is 0 Å². The summed E-state index contributed by atoms with van der Waals surface area (Å²) in [4.78, 5) is 13.6. The lowest BCUT2D eigenvalue weighted by Gasteiger charge is -2.19. The van der Waals surface area contributed by atoms with Gasteiger partial charge in [0.05, 0.1) is 12.2 Å². The van der Waals surface area contributed by atoms with Crippen molar-refractivity contribution in [3.8, 4) is 0 Å². The molecule has 0 unspecified atom stereocenters. The highest BCUT2D eigenvalue weighted by Crippen LogP contribution is 2.14. The molecule has 0 bridgehead atoms. The molecule has 0 aromatic carbocycles. The second-order valence-electron chi connectivity index (χ2n) is 4.06. The van der Waals surface area contributed by atoms with Crippen molar-refractivity contribution in [2.75, 3.05) is 19.6 Å². The average molecular weight is 239 g/mol. The fraction of sp³-hybridized carbons (Fsp3) is 0.667. The zero-order valence-corrected chi connectivity index (χ0v) is 11.0. The Morgan fingerprint density at radius 3 is 2.59 bits per heavy atom. The summed E-state index contributed by atoms with van der Waals surface area (Å²) >= 11 is 0. The van der Waals surface area contributed by atoms with Gasteiger partial charge in [-0.15, -0.1) is 0 Å². The Morgan fingerprint density at radius 1 is 1.41 bits per heavy atom. The van der Waals surface area contributed by atoms with E-state index in [9.17, 15) is 4.79 Å². The summed E-state index contributed by atoms with van der Waals surface area (Å²) in [5, 5.41) is 6.72. The maximum Gasteiger partial charge on any atom is 0.234 e. The number of rotatable bonds is 6. The standard InChI is InChI=1S/C12H21N3O2/c1-5-13-12(16)8-15(6-2)7-11-9(3)14-17-10(11)4/h5-8H2,1-4H3,(H,13,16). The van der Waals surface area contributed by atoms with Crippen LogP contribution >= 0.6 is 0 Å². The van der Waals surface area contributed by atoms with Gasteiger partial charge in [0, 0.05) is 18.7 Å². The molecule has 0 spiro atoms. The first-order valence-corrected chi connectivity index (χ1v) is 5.99. The van der Waals surface area contributed by atoms with Crippen LogP contribution in [-0.2, 0) is 11.3 Å². The molecule has 5 heteroatoms. The first-order chi connectivity index (χ1) is 8.08. The van der Waals surface area contributed by atoms with Crippen LogP contribution in [0.4, 0.5) is 0 Å². The van der Waals surface area contributed by atoms with Crippen molar-refractivity contribution < 1.29 is 9.32 Å². The van der Waals surface area contributed by atoms with Crippen molar-refractivity contribution in [3.05, 3.63) is 17.0 Å². The van der Waals surface area contributed by atoms with Crippen molar-refractivity contribution >= 4 is 5.91 Å². The van der Waals surface area contributed by atoms with E-state index in [-0.39, 0.29) is 5.91 Å². The van der Waals surface area contributed by atoms with E-state index in [0.717, 1.165) is 23.6 Å². The van der Waals surface area contributed by atoms with Crippen molar-refractivity contribution in [1.82, 2.24) is 15.4 Å². The minimum atomic E-state index is 0.0566.